The van der Waals surface area contributed by atoms with Gasteiger partial charge in [-0.15, -0.1) is 23.2 Å². The Hall–Kier alpha value is -0.420. The number of nitrogens with one attached hydrogen (secondary N) is 2. The van der Waals surface area contributed by atoms with E-state index < -0.39 is 109 Å². The van der Waals surface area contributed by atoms with Crippen molar-refractivity contribution >= 4 is 23.2 Å². The predicted molar refractivity (Wildman–Crippen MR) is 98.5 cm³/mol. The lowest BCUT2D eigenvalue weighted by Crippen LogP contribution is -2.70. The summed E-state index contributed by atoms with van der Waals surface area (Å²) in [5.74, 6) is -4.14. The Kier molecular flexibility index (Phi) is 6.78. The van der Waals surface area contributed by atoms with Gasteiger partial charge in [-0.2, -0.15) is 52.7 Å². The molecule has 0 amide bonds. The minimum atomic E-state index is -5.68. The van der Waals surface area contributed by atoms with Gasteiger partial charge in [-0.3, -0.25) is 10.6 Å². The van der Waals surface area contributed by atoms with Crippen LogP contribution in [0.25, 0.3) is 0 Å². The molecule has 4 aliphatic rings. The van der Waals surface area contributed by atoms with E-state index in [4.69, 9.17) is 32.7 Å². The molecule has 4 nitrogen and oxygen atoms in total. The van der Waals surface area contributed by atoms with Gasteiger partial charge < -0.3 is 9.47 Å². The second-order valence-electron chi connectivity index (χ2n) is 9.34. The van der Waals surface area contributed by atoms with Crippen LogP contribution in [-0.2, 0) is 9.47 Å². The van der Waals surface area contributed by atoms with Crippen molar-refractivity contribution in [3.8, 4) is 0 Å². The molecule has 8 atom stereocenters. The van der Waals surface area contributed by atoms with Crippen LogP contribution in [0.4, 0.5) is 52.7 Å². The Balaban J connectivity index is 1.33. The maximum Gasteiger partial charge on any atom is 0.415 e. The normalized spacial score (nSPS) is 39.8. The Labute approximate surface area is 205 Å². The van der Waals surface area contributed by atoms with Gasteiger partial charge in [0.1, 0.15) is 0 Å². The van der Waals surface area contributed by atoms with Crippen molar-refractivity contribution < 1.29 is 62.2 Å². The number of piperidine rings is 2. The molecule has 2 N–H and O–H groups in total. The molecule has 2 heterocycles. The average Bonchev–Trinajstić information content (AvgIpc) is 3.37. The smallest absolute Gasteiger partial charge is 0.374 e. The van der Waals surface area contributed by atoms with E-state index >= 15 is 0 Å². The number of hydrogen-bond acceptors (Lipinski definition) is 4. The third kappa shape index (κ3) is 3.82. The minimum absolute atomic E-state index is 0.408. The Morgan fingerprint density at radius 2 is 0.861 bits per heavy atom. The highest BCUT2D eigenvalue weighted by molar-refractivity contribution is 6.22. The summed E-state index contributed by atoms with van der Waals surface area (Å²) in [6.45, 7) is -0.816. The lowest BCUT2D eigenvalue weighted by molar-refractivity contribution is -0.323. The van der Waals surface area contributed by atoms with Crippen molar-refractivity contribution in [2.75, 3.05) is 13.2 Å². The number of fused-ring (bicyclic) bond motifs is 4. The third-order valence-electron chi connectivity index (χ3n) is 7.67. The van der Waals surface area contributed by atoms with E-state index in [1.54, 1.807) is 10.6 Å². The predicted octanol–water partition coefficient (Wildman–Crippen LogP) is 4.68. The zero-order valence-corrected chi connectivity index (χ0v) is 19.1. The molecule has 0 spiro atoms. The molecule has 0 aromatic heterocycles. The van der Waals surface area contributed by atoms with Crippen molar-refractivity contribution in [1.82, 2.24) is 10.6 Å². The van der Waals surface area contributed by atoms with Gasteiger partial charge in [0.15, 0.2) is 0 Å². The largest absolute Gasteiger partial charge is 0.415 e. The molecule has 8 unspecified atom stereocenters. The van der Waals surface area contributed by atoms with E-state index in [2.05, 4.69) is 0 Å². The van der Waals surface area contributed by atoms with Crippen molar-refractivity contribution in [2.24, 2.45) is 11.8 Å². The first-order valence-corrected chi connectivity index (χ1v) is 11.4. The van der Waals surface area contributed by atoms with Gasteiger partial charge in [-0.05, 0) is 12.8 Å². The first kappa shape index (κ1) is 28.6. The number of hydrogen-bond donors (Lipinski definition) is 2. The number of halogens is 14. The Morgan fingerprint density at radius 3 is 1.06 bits per heavy atom. The molecule has 0 radical (unpaired) electrons. The summed E-state index contributed by atoms with van der Waals surface area (Å²) in [7, 11) is 0. The summed E-state index contributed by atoms with van der Waals surface area (Å²) >= 11 is 11.7. The van der Waals surface area contributed by atoms with Gasteiger partial charge in [0.25, 0.3) is 0 Å². The number of rotatable bonds is 5. The molecular weight excluding hydrogens is 575 g/mol. The van der Waals surface area contributed by atoms with E-state index in [0.717, 1.165) is 0 Å². The van der Waals surface area contributed by atoms with E-state index in [0.29, 0.717) is 0 Å². The molecule has 2 aliphatic heterocycles. The number of alkyl halides is 14. The number of ether oxygens (including phenoxy) is 2. The summed E-state index contributed by atoms with van der Waals surface area (Å²) in [6, 6.07) is -3.01. The Morgan fingerprint density at radius 1 is 0.583 bits per heavy atom. The van der Waals surface area contributed by atoms with Gasteiger partial charge in [0, 0.05) is 11.8 Å². The summed E-state index contributed by atoms with van der Waals surface area (Å²) in [4.78, 5) is 0. The van der Waals surface area contributed by atoms with Gasteiger partial charge in [-0.1, -0.05) is 0 Å². The molecule has 0 aromatic rings. The van der Waals surface area contributed by atoms with Crippen molar-refractivity contribution in [3.63, 3.8) is 0 Å². The third-order valence-corrected chi connectivity index (χ3v) is 8.82. The van der Waals surface area contributed by atoms with Gasteiger partial charge in [0.2, 0.25) is 11.1 Å². The monoisotopic (exact) mass is 592 g/mol. The highest BCUT2D eigenvalue weighted by Gasteiger charge is 2.82. The standard InChI is InChI=1S/C18H18Cl2F12N2O2/c19-9-5-3-7(11(9)33-13(5,15(21,22)23)16(24,25)26)35-1-2-36-8-4-6-10(20)12(8)34-14(6,17(27,28)29)18(30,31)32/h5-12,33-34H,1-4H2. The van der Waals surface area contributed by atoms with Crippen LogP contribution >= 0.6 is 23.2 Å². The van der Waals surface area contributed by atoms with Crippen LogP contribution in [0, 0.1) is 11.8 Å². The first-order valence-electron chi connectivity index (χ1n) is 10.5. The molecule has 4 fully saturated rings. The zero-order chi connectivity index (χ0) is 27.3. The van der Waals surface area contributed by atoms with Crippen LogP contribution in [-0.4, -0.2) is 84.0 Å². The summed E-state index contributed by atoms with van der Waals surface area (Å²) in [5, 5.41) is -0.0192. The molecule has 0 aromatic carbocycles. The Bertz CT molecular complexity index is 752. The van der Waals surface area contributed by atoms with Crippen molar-refractivity contribution in [2.45, 2.75) is 83.7 Å². The van der Waals surface area contributed by atoms with Crippen LogP contribution in [0.5, 0.6) is 0 Å². The fourth-order valence-electron chi connectivity index (χ4n) is 6.11. The van der Waals surface area contributed by atoms with Crippen LogP contribution in [0.2, 0.25) is 0 Å². The topological polar surface area (TPSA) is 42.5 Å². The highest BCUT2D eigenvalue weighted by atomic mass is 35.5. The summed E-state index contributed by atoms with van der Waals surface area (Å²) in [6.07, 6.45) is -26.4. The van der Waals surface area contributed by atoms with Crippen molar-refractivity contribution in [1.29, 1.82) is 0 Å². The van der Waals surface area contributed by atoms with Gasteiger partial charge in [0.05, 0.1) is 48.3 Å². The first-order chi connectivity index (χ1) is 16.2. The molecular formula is C18H18Cl2F12N2O2. The molecule has 210 valence electrons. The van der Waals surface area contributed by atoms with Crippen LogP contribution in [0.1, 0.15) is 12.8 Å². The van der Waals surface area contributed by atoms with Gasteiger partial charge >= 0.3 is 24.7 Å². The maximum absolute atomic E-state index is 13.4. The molecule has 2 aliphatic carbocycles. The SMILES string of the molecule is FC(F)(F)C1(C(F)(F)F)NC2C(OCCOC3CC4C(Cl)C3NC4(C(F)(F)F)C(F)(F)F)CC1C2Cl. The summed E-state index contributed by atoms with van der Waals surface area (Å²) < 4.78 is 171. The van der Waals surface area contributed by atoms with E-state index in [1.165, 1.54) is 0 Å². The second kappa shape index (κ2) is 8.54. The van der Waals surface area contributed by atoms with Crippen LogP contribution in [0.15, 0.2) is 0 Å². The highest BCUT2D eigenvalue weighted by Crippen LogP contribution is 2.60. The molecule has 4 rings (SSSR count). The quantitative estimate of drug-likeness (QED) is 0.276. The molecule has 36 heavy (non-hydrogen) atoms. The maximum atomic E-state index is 13.4. The average molecular weight is 593 g/mol. The lowest BCUT2D eigenvalue weighted by Gasteiger charge is -2.43. The lowest BCUT2D eigenvalue weighted by atomic mass is 9.82. The second-order valence-corrected chi connectivity index (χ2v) is 10.3. The van der Waals surface area contributed by atoms with Crippen LogP contribution < -0.4 is 10.6 Å². The van der Waals surface area contributed by atoms with Crippen molar-refractivity contribution in [3.05, 3.63) is 0 Å². The molecule has 2 saturated heterocycles. The molecule has 4 bridgehead atoms. The fourth-order valence-corrected chi connectivity index (χ4v) is 7.15. The summed E-state index contributed by atoms with van der Waals surface area (Å²) in [5.41, 5.74) is -8.39. The van der Waals surface area contributed by atoms with Crippen LogP contribution in [0.3, 0.4) is 0 Å². The van der Waals surface area contributed by atoms with E-state index in [9.17, 15) is 52.7 Å². The zero-order valence-electron chi connectivity index (χ0n) is 17.6. The fraction of sp³-hybridized carbons (Fsp3) is 1.00. The molecule has 18 heteroatoms. The molecule has 2 saturated carbocycles. The van der Waals surface area contributed by atoms with Gasteiger partial charge in [-0.25, -0.2) is 0 Å². The van der Waals surface area contributed by atoms with E-state index in [-0.39, 0.29) is 0 Å². The van der Waals surface area contributed by atoms with E-state index in [1.807, 2.05) is 0 Å². The minimum Gasteiger partial charge on any atom is -0.374 e.